The molecule has 0 unspecified atom stereocenters. The number of nitrogens with zero attached hydrogens (tertiary/aromatic N) is 2. The van der Waals surface area contributed by atoms with Gasteiger partial charge in [-0.25, -0.2) is 4.99 Å². The number of rotatable bonds is 8. The van der Waals surface area contributed by atoms with Gasteiger partial charge in [0, 0.05) is 10.6 Å². The number of amidine groups is 1. The summed E-state index contributed by atoms with van der Waals surface area (Å²) in [7, 11) is 1.63. The van der Waals surface area contributed by atoms with Crippen molar-refractivity contribution in [2.75, 3.05) is 7.11 Å². The van der Waals surface area contributed by atoms with Gasteiger partial charge >= 0.3 is 0 Å². The highest BCUT2D eigenvalue weighted by Gasteiger charge is 2.33. The number of halogens is 2. The molecule has 8 heteroatoms. The third kappa shape index (κ3) is 6.74. The number of carbonyl (C=O) groups is 1. The molecule has 0 saturated carbocycles. The summed E-state index contributed by atoms with van der Waals surface area (Å²) >= 11 is 11.2. The second kappa shape index (κ2) is 12.6. The van der Waals surface area contributed by atoms with Crippen LogP contribution >= 0.6 is 39.3 Å². The van der Waals surface area contributed by atoms with E-state index in [2.05, 4.69) is 15.9 Å². The molecule has 1 fully saturated rings. The van der Waals surface area contributed by atoms with Crippen LogP contribution in [0.1, 0.15) is 16.7 Å². The standard InChI is InChI=1S/C31H24BrClN2O3S/c1-37-25-14-11-21(12-15-25)19-35-30(36)29(39-31(35)34-24-8-3-2-4-9-24)18-22-13-16-28(26(32)17-22)38-20-23-7-5-6-10-27(23)33/h2-18H,19-20H2,1H3/b29-18-,34-31?. The fourth-order valence-corrected chi connectivity index (χ4v) is 5.60. The van der Waals surface area contributed by atoms with E-state index >= 15 is 0 Å². The zero-order chi connectivity index (χ0) is 27.2. The molecule has 4 aromatic carbocycles. The molecule has 39 heavy (non-hydrogen) atoms. The Kier molecular flexibility index (Phi) is 8.71. The van der Waals surface area contributed by atoms with Crippen molar-refractivity contribution < 1.29 is 14.3 Å². The molecule has 1 amide bonds. The van der Waals surface area contributed by atoms with Gasteiger partial charge in [-0.3, -0.25) is 9.69 Å². The second-order valence-electron chi connectivity index (χ2n) is 8.65. The molecule has 0 atom stereocenters. The molecule has 0 spiro atoms. The van der Waals surface area contributed by atoms with Crippen molar-refractivity contribution in [3.05, 3.63) is 128 Å². The fourth-order valence-electron chi connectivity index (χ4n) is 3.90. The molecule has 0 N–H and O–H groups in total. The molecular weight excluding hydrogens is 596 g/mol. The molecular formula is C31H24BrClN2O3S. The summed E-state index contributed by atoms with van der Waals surface area (Å²) in [4.78, 5) is 20.6. The number of aliphatic imine (C=N–C) groups is 1. The van der Waals surface area contributed by atoms with Gasteiger partial charge in [-0.2, -0.15) is 0 Å². The minimum Gasteiger partial charge on any atom is -0.497 e. The number of carbonyl (C=O) groups excluding carboxylic acids is 1. The van der Waals surface area contributed by atoms with Crippen LogP contribution in [0.15, 0.2) is 111 Å². The Balaban J connectivity index is 1.38. The van der Waals surface area contributed by atoms with Gasteiger partial charge in [-0.15, -0.1) is 0 Å². The number of thioether (sulfide) groups is 1. The first-order chi connectivity index (χ1) is 19.0. The third-order valence-corrected chi connectivity index (χ3v) is 7.96. The van der Waals surface area contributed by atoms with Crippen LogP contribution in [0.25, 0.3) is 6.08 Å². The van der Waals surface area contributed by atoms with Gasteiger partial charge in [0.2, 0.25) is 0 Å². The van der Waals surface area contributed by atoms with Crippen molar-refractivity contribution in [3.8, 4) is 11.5 Å². The van der Waals surface area contributed by atoms with Crippen molar-refractivity contribution in [2.45, 2.75) is 13.2 Å². The Hall–Kier alpha value is -3.52. The zero-order valence-electron chi connectivity index (χ0n) is 21.0. The first kappa shape index (κ1) is 27.1. The smallest absolute Gasteiger partial charge is 0.267 e. The van der Waals surface area contributed by atoms with Crippen LogP contribution in [-0.4, -0.2) is 23.1 Å². The van der Waals surface area contributed by atoms with Crippen LogP contribution in [0.2, 0.25) is 5.02 Å². The highest BCUT2D eigenvalue weighted by Crippen LogP contribution is 2.36. The Morgan fingerprint density at radius 2 is 1.72 bits per heavy atom. The van der Waals surface area contributed by atoms with E-state index in [-0.39, 0.29) is 5.91 Å². The predicted octanol–water partition coefficient (Wildman–Crippen LogP) is 8.49. The fraction of sp³-hybridized carbons (Fsp3) is 0.0968. The summed E-state index contributed by atoms with van der Waals surface area (Å²) in [5, 5.41) is 1.30. The number of para-hydroxylation sites is 1. The van der Waals surface area contributed by atoms with E-state index in [9.17, 15) is 4.79 Å². The molecule has 196 valence electrons. The van der Waals surface area contributed by atoms with Crippen molar-refractivity contribution in [2.24, 2.45) is 4.99 Å². The van der Waals surface area contributed by atoms with Crippen LogP contribution in [0.3, 0.4) is 0 Å². The SMILES string of the molecule is COc1ccc(CN2C(=O)/C(=C/c3ccc(OCc4ccccc4Cl)c(Br)c3)SC2=Nc2ccccc2)cc1. The number of hydrogen-bond donors (Lipinski definition) is 0. The number of benzene rings is 4. The monoisotopic (exact) mass is 618 g/mol. The maximum atomic E-state index is 13.6. The number of methoxy groups -OCH3 is 1. The number of amides is 1. The first-order valence-electron chi connectivity index (χ1n) is 12.1. The van der Waals surface area contributed by atoms with E-state index < -0.39 is 0 Å². The molecule has 5 rings (SSSR count). The normalized spacial score (nSPS) is 15.3. The quantitative estimate of drug-likeness (QED) is 0.186. The summed E-state index contributed by atoms with van der Waals surface area (Å²) in [5.41, 5.74) is 3.55. The lowest BCUT2D eigenvalue weighted by Gasteiger charge is -2.16. The van der Waals surface area contributed by atoms with E-state index in [0.717, 1.165) is 32.6 Å². The van der Waals surface area contributed by atoms with Crippen LogP contribution in [0.5, 0.6) is 11.5 Å². The topological polar surface area (TPSA) is 51.1 Å². The molecule has 4 aromatic rings. The third-order valence-electron chi connectivity index (χ3n) is 5.96. The lowest BCUT2D eigenvalue weighted by molar-refractivity contribution is -0.122. The van der Waals surface area contributed by atoms with Gasteiger partial charge in [-0.1, -0.05) is 66.2 Å². The molecule has 0 aromatic heterocycles. The van der Waals surface area contributed by atoms with E-state index in [1.54, 1.807) is 12.0 Å². The van der Waals surface area contributed by atoms with Gasteiger partial charge < -0.3 is 9.47 Å². The molecule has 0 aliphatic carbocycles. The highest BCUT2D eigenvalue weighted by molar-refractivity contribution is 9.10. The Labute approximate surface area is 245 Å². The second-order valence-corrected chi connectivity index (χ2v) is 10.9. The van der Waals surface area contributed by atoms with Crippen molar-refractivity contribution in [3.63, 3.8) is 0 Å². The summed E-state index contributed by atoms with van der Waals surface area (Å²) in [6.45, 7) is 0.754. The van der Waals surface area contributed by atoms with E-state index in [1.807, 2.05) is 103 Å². The minimum atomic E-state index is -0.0966. The maximum absolute atomic E-state index is 13.6. The average molecular weight is 620 g/mol. The van der Waals surface area contributed by atoms with Crippen LogP contribution in [0.4, 0.5) is 5.69 Å². The summed E-state index contributed by atoms with van der Waals surface area (Å²) < 4.78 is 12.0. The van der Waals surface area contributed by atoms with Crippen molar-refractivity contribution in [1.29, 1.82) is 0 Å². The van der Waals surface area contributed by atoms with Gasteiger partial charge in [-0.05, 0) is 87.4 Å². The van der Waals surface area contributed by atoms with Gasteiger partial charge in [0.1, 0.15) is 18.1 Å². The lowest BCUT2D eigenvalue weighted by atomic mass is 10.2. The van der Waals surface area contributed by atoms with Gasteiger partial charge in [0.25, 0.3) is 5.91 Å². The van der Waals surface area contributed by atoms with Crippen LogP contribution in [-0.2, 0) is 17.9 Å². The molecule has 1 aliphatic heterocycles. The number of hydrogen-bond acceptors (Lipinski definition) is 5. The minimum absolute atomic E-state index is 0.0966. The van der Waals surface area contributed by atoms with E-state index in [1.165, 1.54) is 11.8 Å². The average Bonchev–Trinajstić information content (AvgIpc) is 3.23. The molecule has 1 aliphatic rings. The number of ether oxygens (including phenoxy) is 2. The van der Waals surface area contributed by atoms with E-state index in [0.29, 0.717) is 34.0 Å². The molecule has 1 saturated heterocycles. The van der Waals surface area contributed by atoms with Crippen LogP contribution in [0, 0.1) is 0 Å². The van der Waals surface area contributed by atoms with Crippen LogP contribution < -0.4 is 9.47 Å². The summed E-state index contributed by atoms with van der Waals surface area (Å²) in [6.07, 6.45) is 1.88. The largest absolute Gasteiger partial charge is 0.497 e. The highest BCUT2D eigenvalue weighted by atomic mass is 79.9. The molecule has 1 heterocycles. The summed E-state index contributed by atoms with van der Waals surface area (Å²) in [6, 6.07) is 30.7. The Morgan fingerprint density at radius 1 is 0.974 bits per heavy atom. The van der Waals surface area contributed by atoms with E-state index in [4.69, 9.17) is 26.1 Å². The zero-order valence-corrected chi connectivity index (χ0v) is 24.2. The Morgan fingerprint density at radius 3 is 2.44 bits per heavy atom. The van der Waals surface area contributed by atoms with Gasteiger partial charge in [0.05, 0.1) is 28.7 Å². The molecule has 5 nitrogen and oxygen atoms in total. The maximum Gasteiger partial charge on any atom is 0.267 e. The lowest BCUT2D eigenvalue weighted by Crippen LogP contribution is -2.28. The predicted molar refractivity (Wildman–Crippen MR) is 163 cm³/mol. The van der Waals surface area contributed by atoms with Crippen molar-refractivity contribution >= 4 is 62.1 Å². The Bertz CT molecular complexity index is 1540. The first-order valence-corrected chi connectivity index (χ1v) is 14.1. The molecule has 0 bridgehead atoms. The van der Waals surface area contributed by atoms with Crippen molar-refractivity contribution in [1.82, 2.24) is 4.90 Å². The van der Waals surface area contributed by atoms with Gasteiger partial charge in [0.15, 0.2) is 5.17 Å². The molecule has 0 radical (unpaired) electrons. The summed E-state index contributed by atoms with van der Waals surface area (Å²) in [5.74, 6) is 1.36.